The van der Waals surface area contributed by atoms with E-state index in [1.807, 2.05) is 67.5 Å². The van der Waals surface area contributed by atoms with Gasteiger partial charge in [0.2, 0.25) is 0 Å². The van der Waals surface area contributed by atoms with E-state index in [9.17, 15) is 9.59 Å². The number of amides is 3. The molecular weight excluding hydrogens is 428 g/mol. The molecule has 3 heterocycles. The third-order valence-electron chi connectivity index (χ3n) is 6.04. The maximum atomic E-state index is 13.0. The molecule has 34 heavy (non-hydrogen) atoms. The van der Waals surface area contributed by atoms with Crippen molar-refractivity contribution in [1.82, 2.24) is 19.8 Å². The number of carbonyl (C=O) groups is 2. The topological polar surface area (TPSA) is 91.3 Å². The molecule has 1 aromatic carbocycles. The molecule has 1 aliphatic heterocycles. The zero-order valence-electron chi connectivity index (χ0n) is 20.6. The molecule has 1 saturated heterocycles. The number of urea groups is 1. The predicted octanol–water partition coefficient (Wildman–Crippen LogP) is 4.61. The van der Waals surface area contributed by atoms with Gasteiger partial charge in [-0.3, -0.25) is 4.79 Å². The van der Waals surface area contributed by atoms with Gasteiger partial charge >= 0.3 is 6.03 Å². The van der Waals surface area contributed by atoms with Crippen molar-refractivity contribution >= 4 is 34.3 Å². The van der Waals surface area contributed by atoms with E-state index in [4.69, 9.17) is 0 Å². The molecule has 0 spiro atoms. The molecule has 8 nitrogen and oxygen atoms in total. The zero-order valence-corrected chi connectivity index (χ0v) is 20.6. The minimum atomic E-state index is -0.255. The van der Waals surface area contributed by atoms with Crippen LogP contribution in [-0.2, 0) is 6.54 Å². The fraction of sp³-hybridized carbons (Fsp3) is 0.423. The molecule has 3 N–H and O–H groups in total. The minimum Gasteiger partial charge on any atom is -0.365 e. The van der Waals surface area contributed by atoms with Crippen LogP contribution in [0, 0.1) is 6.92 Å². The van der Waals surface area contributed by atoms with Crippen molar-refractivity contribution in [2.24, 2.45) is 0 Å². The van der Waals surface area contributed by atoms with Gasteiger partial charge in [0.05, 0.1) is 11.9 Å². The number of nitrogens with zero attached hydrogens (tertiary/aromatic N) is 3. The summed E-state index contributed by atoms with van der Waals surface area (Å²) in [6, 6.07) is 11.9. The number of aryl methyl sites for hydroxylation is 2. The average Bonchev–Trinajstić information content (AvgIpc) is 3.39. The Kier molecular flexibility index (Phi) is 6.50. The molecule has 1 aliphatic rings. The molecule has 1 unspecified atom stereocenters. The lowest BCUT2D eigenvalue weighted by molar-refractivity contribution is 0.101. The summed E-state index contributed by atoms with van der Waals surface area (Å²) in [7, 11) is 0. The van der Waals surface area contributed by atoms with Crippen LogP contribution in [-0.4, -0.2) is 51.1 Å². The second-order valence-electron chi connectivity index (χ2n) is 9.92. The summed E-state index contributed by atoms with van der Waals surface area (Å²) in [5, 5.41) is 10.5. The summed E-state index contributed by atoms with van der Waals surface area (Å²) in [6.45, 7) is 12.1. The molecule has 3 aromatic rings. The number of pyridine rings is 1. The third-order valence-corrected chi connectivity index (χ3v) is 6.04. The molecule has 4 rings (SSSR count). The highest BCUT2D eigenvalue weighted by Gasteiger charge is 2.28. The lowest BCUT2D eigenvalue weighted by Crippen LogP contribution is -2.48. The van der Waals surface area contributed by atoms with Crippen molar-refractivity contribution in [1.29, 1.82) is 0 Å². The summed E-state index contributed by atoms with van der Waals surface area (Å²) < 4.78 is 2.03. The molecule has 2 aromatic heterocycles. The fourth-order valence-corrected chi connectivity index (χ4v) is 4.38. The quantitative estimate of drug-likeness (QED) is 0.516. The van der Waals surface area contributed by atoms with E-state index in [1.165, 1.54) is 0 Å². The number of hydrogen-bond donors (Lipinski definition) is 3. The first-order valence-electron chi connectivity index (χ1n) is 11.8. The predicted molar refractivity (Wildman–Crippen MR) is 136 cm³/mol. The number of aromatic nitrogens is 2. The molecule has 1 fully saturated rings. The van der Waals surface area contributed by atoms with Crippen LogP contribution in [0.2, 0.25) is 0 Å². The highest BCUT2D eigenvalue weighted by molar-refractivity contribution is 6.06. The van der Waals surface area contributed by atoms with Gasteiger partial charge in [0, 0.05) is 42.1 Å². The normalized spacial score (nSPS) is 16.0. The summed E-state index contributed by atoms with van der Waals surface area (Å²) in [5.41, 5.74) is 3.23. The van der Waals surface area contributed by atoms with Crippen molar-refractivity contribution in [2.45, 2.75) is 59.2 Å². The van der Waals surface area contributed by atoms with Gasteiger partial charge in [-0.05, 0) is 70.9 Å². The number of anilines is 2. The van der Waals surface area contributed by atoms with E-state index < -0.39 is 0 Å². The monoisotopic (exact) mass is 462 g/mol. The third kappa shape index (κ3) is 5.16. The van der Waals surface area contributed by atoms with Crippen molar-refractivity contribution in [3.05, 3.63) is 53.9 Å². The van der Waals surface area contributed by atoms with Crippen molar-refractivity contribution in [3.63, 3.8) is 0 Å². The Morgan fingerprint density at radius 2 is 1.97 bits per heavy atom. The first-order chi connectivity index (χ1) is 16.1. The number of nitrogens with one attached hydrogen (secondary N) is 3. The molecule has 180 valence electrons. The Morgan fingerprint density at radius 3 is 2.65 bits per heavy atom. The SMILES string of the molecule is CCn1c(C(=O)Nc2ccc(NC3CCN(C(=O)NC(C)(C)C)C3)nc2)cc2c(C)cccc21. The highest BCUT2D eigenvalue weighted by atomic mass is 16.2. The van der Waals surface area contributed by atoms with Crippen molar-refractivity contribution in [2.75, 3.05) is 23.7 Å². The van der Waals surface area contributed by atoms with Crippen LogP contribution in [0.5, 0.6) is 0 Å². The number of rotatable bonds is 5. The highest BCUT2D eigenvalue weighted by Crippen LogP contribution is 2.24. The number of hydrogen-bond acceptors (Lipinski definition) is 4. The lowest BCUT2D eigenvalue weighted by atomic mass is 10.1. The smallest absolute Gasteiger partial charge is 0.317 e. The van der Waals surface area contributed by atoms with Crippen LogP contribution >= 0.6 is 0 Å². The summed E-state index contributed by atoms with van der Waals surface area (Å²) >= 11 is 0. The van der Waals surface area contributed by atoms with Gasteiger partial charge in [0.1, 0.15) is 11.5 Å². The molecular formula is C26H34N6O2. The Bertz CT molecular complexity index is 1190. The van der Waals surface area contributed by atoms with Crippen LogP contribution < -0.4 is 16.0 Å². The number of carbonyl (C=O) groups excluding carboxylic acids is 2. The maximum Gasteiger partial charge on any atom is 0.317 e. The van der Waals surface area contributed by atoms with Gasteiger partial charge in [-0.25, -0.2) is 9.78 Å². The van der Waals surface area contributed by atoms with Crippen molar-refractivity contribution < 1.29 is 9.59 Å². The lowest BCUT2D eigenvalue weighted by Gasteiger charge is -2.25. The second-order valence-corrected chi connectivity index (χ2v) is 9.92. The van der Waals surface area contributed by atoms with E-state index in [2.05, 4.69) is 33.9 Å². The molecule has 1 atom stereocenters. The average molecular weight is 463 g/mol. The van der Waals surface area contributed by atoms with E-state index in [0.717, 1.165) is 28.7 Å². The molecule has 3 amide bonds. The van der Waals surface area contributed by atoms with Crippen LogP contribution in [0.4, 0.5) is 16.3 Å². The standard InChI is InChI=1S/C26H34N6O2/c1-6-32-21-9-7-8-17(2)20(21)14-22(32)24(33)29-18-10-11-23(27-15-18)28-19-12-13-31(16-19)25(34)30-26(3,4)5/h7-11,14-15,19H,6,12-13,16H2,1-5H3,(H,27,28)(H,29,33)(H,30,34). The molecule has 0 saturated carbocycles. The minimum absolute atomic E-state index is 0.0393. The molecule has 0 bridgehead atoms. The van der Waals surface area contributed by atoms with Gasteiger partial charge in [0.15, 0.2) is 0 Å². The summed E-state index contributed by atoms with van der Waals surface area (Å²) in [4.78, 5) is 31.7. The largest absolute Gasteiger partial charge is 0.365 e. The zero-order chi connectivity index (χ0) is 24.5. The van der Waals surface area contributed by atoms with E-state index in [1.54, 1.807) is 6.20 Å². The maximum absolute atomic E-state index is 13.0. The van der Waals surface area contributed by atoms with Crippen molar-refractivity contribution in [3.8, 4) is 0 Å². The number of benzene rings is 1. The fourth-order valence-electron chi connectivity index (χ4n) is 4.38. The second kappa shape index (κ2) is 9.37. The summed E-state index contributed by atoms with van der Waals surface area (Å²) in [5.74, 6) is 0.565. The Labute approximate surface area is 200 Å². The van der Waals surface area contributed by atoms with Gasteiger partial charge in [-0.15, -0.1) is 0 Å². The van der Waals surface area contributed by atoms with Crippen LogP contribution in [0.1, 0.15) is 50.2 Å². The number of fused-ring (bicyclic) bond motifs is 1. The Hall–Kier alpha value is -3.55. The van der Waals surface area contributed by atoms with E-state index in [-0.39, 0.29) is 23.5 Å². The van der Waals surface area contributed by atoms with Crippen LogP contribution in [0.3, 0.4) is 0 Å². The van der Waals surface area contributed by atoms with Crippen LogP contribution in [0.25, 0.3) is 10.9 Å². The first-order valence-corrected chi connectivity index (χ1v) is 11.8. The Morgan fingerprint density at radius 1 is 1.18 bits per heavy atom. The first kappa shape index (κ1) is 23.6. The van der Waals surface area contributed by atoms with Gasteiger partial charge in [-0.2, -0.15) is 0 Å². The van der Waals surface area contributed by atoms with Gasteiger partial charge in [-0.1, -0.05) is 12.1 Å². The Balaban J connectivity index is 1.37. The van der Waals surface area contributed by atoms with Gasteiger partial charge in [0.25, 0.3) is 5.91 Å². The molecule has 0 aliphatic carbocycles. The molecule has 0 radical (unpaired) electrons. The number of likely N-dealkylation sites (tertiary alicyclic amines) is 1. The molecule has 8 heteroatoms. The van der Waals surface area contributed by atoms with E-state index in [0.29, 0.717) is 31.0 Å². The van der Waals surface area contributed by atoms with Crippen LogP contribution in [0.15, 0.2) is 42.6 Å². The van der Waals surface area contributed by atoms with E-state index >= 15 is 0 Å². The summed E-state index contributed by atoms with van der Waals surface area (Å²) in [6.07, 6.45) is 2.52. The van der Waals surface area contributed by atoms with Gasteiger partial charge < -0.3 is 25.4 Å².